The van der Waals surface area contributed by atoms with Crippen molar-refractivity contribution in [1.29, 1.82) is 0 Å². The van der Waals surface area contributed by atoms with Crippen LogP contribution in [0.25, 0.3) is 0 Å². The summed E-state index contributed by atoms with van der Waals surface area (Å²) in [5.74, 6) is -0.0226. The van der Waals surface area contributed by atoms with Crippen LogP contribution in [0.1, 0.15) is 13.8 Å². The maximum atomic E-state index is 10.7. The van der Waals surface area contributed by atoms with E-state index in [-0.39, 0.29) is 11.4 Å². The summed E-state index contributed by atoms with van der Waals surface area (Å²) in [4.78, 5) is 10.7. The Morgan fingerprint density at radius 1 is 1.40 bits per heavy atom. The van der Waals surface area contributed by atoms with Gasteiger partial charge in [-0.15, -0.1) is 0 Å². The van der Waals surface area contributed by atoms with E-state index in [9.17, 15) is 4.79 Å². The van der Waals surface area contributed by atoms with Crippen LogP contribution in [0, 0.1) is 0 Å². The molecule has 0 radical (unpaired) electrons. The molecule has 0 aliphatic carbocycles. The summed E-state index contributed by atoms with van der Waals surface area (Å²) in [6.07, 6.45) is 6.10. The van der Waals surface area contributed by atoms with Crippen molar-refractivity contribution >= 4 is 5.78 Å². The zero-order valence-electron chi connectivity index (χ0n) is 6.13. The van der Waals surface area contributed by atoms with Crippen LogP contribution in [0.3, 0.4) is 0 Å². The van der Waals surface area contributed by atoms with Crippen LogP contribution >= 0.6 is 0 Å². The molecule has 0 N–H and O–H groups in total. The Labute approximate surface area is 60.2 Å². The normalized spacial score (nSPS) is 22.0. The van der Waals surface area contributed by atoms with E-state index in [4.69, 9.17) is 4.74 Å². The van der Waals surface area contributed by atoms with Gasteiger partial charge in [0.05, 0.1) is 6.26 Å². The molecular formula is C8H10O2. The molecular weight excluding hydrogens is 128 g/mol. The van der Waals surface area contributed by atoms with Gasteiger partial charge in [0, 0.05) is 6.08 Å². The fourth-order valence-corrected chi connectivity index (χ4v) is 0.654. The van der Waals surface area contributed by atoms with E-state index in [1.807, 2.05) is 13.8 Å². The van der Waals surface area contributed by atoms with Gasteiger partial charge in [0.25, 0.3) is 0 Å². The number of carbonyl (C=O) groups excluding carboxylic acids is 1. The van der Waals surface area contributed by atoms with E-state index in [1.165, 1.54) is 18.4 Å². The average Bonchev–Trinajstić information content (AvgIpc) is 1.94. The Bertz CT molecular complexity index is 199. The molecule has 0 bridgehead atoms. The highest BCUT2D eigenvalue weighted by molar-refractivity contribution is 5.99. The lowest BCUT2D eigenvalue weighted by atomic mass is 10.1. The standard InChI is InChI=1S/C8H10O2/c1-8(2)5-3-7(9)4-6-10-8/h3-6H,1-2H3. The van der Waals surface area contributed by atoms with Gasteiger partial charge in [-0.2, -0.15) is 0 Å². The first-order valence-corrected chi connectivity index (χ1v) is 3.18. The molecule has 1 heterocycles. The van der Waals surface area contributed by atoms with Crippen molar-refractivity contribution in [3.05, 3.63) is 24.5 Å². The molecule has 0 saturated carbocycles. The minimum absolute atomic E-state index is 0.0226. The molecule has 10 heavy (non-hydrogen) atoms. The highest BCUT2D eigenvalue weighted by Crippen LogP contribution is 2.13. The quantitative estimate of drug-likeness (QED) is 0.506. The van der Waals surface area contributed by atoms with Gasteiger partial charge in [0.1, 0.15) is 5.60 Å². The average molecular weight is 138 g/mol. The second kappa shape index (κ2) is 2.29. The van der Waals surface area contributed by atoms with Crippen LogP contribution < -0.4 is 0 Å². The number of ketones is 1. The third kappa shape index (κ3) is 1.72. The molecule has 0 saturated heterocycles. The largest absolute Gasteiger partial charge is 0.491 e. The van der Waals surface area contributed by atoms with E-state index in [0.29, 0.717) is 0 Å². The Hall–Kier alpha value is -1.05. The van der Waals surface area contributed by atoms with Gasteiger partial charge < -0.3 is 4.74 Å². The van der Waals surface area contributed by atoms with E-state index >= 15 is 0 Å². The molecule has 0 aromatic heterocycles. The van der Waals surface area contributed by atoms with Crippen LogP contribution in [0.5, 0.6) is 0 Å². The number of allylic oxidation sites excluding steroid dienone is 2. The third-order valence-corrected chi connectivity index (χ3v) is 1.25. The summed E-state index contributed by atoms with van der Waals surface area (Å²) in [7, 11) is 0. The van der Waals surface area contributed by atoms with Crippen LogP contribution in [0.4, 0.5) is 0 Å². The summed E-state index contributed by atoms with van der Waals surface area (Å²) < 4.78 is 5.17. The number of hydrogen-bond acceptors (Lipinski definition) is 2. The molecule has 1 aliphatic heterocycles. The Kier molecular flexibility index (Phi) is 1.62. The molecule has 0 amide bonds. The van der Waals surface area contributed by atoms with Crippen molar-refractivity contribution < 1.29 is 9.53 Å². The molecule has 0 aromatic carbocycles. The van der Waals surface area contributed by atoms with Crippen molar-refractivity contribution in [3.8, 4) is 0 Å². The predicted octanol–water partition coefficient (Wildman–Crippen LogP) is 1.43. The number of ether oxygens (including phenoxy) is 1. The molecule has 0 unspecified atom stereocenters. The summed E-state index contributed by atoms with van der Waals surface area (Å²) in [5, 5.41) is 0. The highest BCUT2D eigenvalue weighted by atomic mass is 16.5. The fourth-order valence-electron chi connectivity index (χ4n) is 0.654. The SMILES string of the molecule is CC1(C)C=CC(=O)C=CO1. The highest BCUT2D eigenvalue weighted by Gasteiger charge is 2.14. The molecule has 2 heteroatoms. The van der Waals surface area contributed by atoms with Crippen molar-refractivity contribution in [2.24, 2.45) is 0 Å². The molecule has 0 atom stereocenters. The van der Waals surface area contributed by atoms with E-state index in [0.717, 1.165) is 0 Å². The van der Waals surface area contributed by atoms with Crippen LogP contribution in [0.15, 0.2) is 24.5 Å². The van der Waals surface area contributed by atoms with Crippen molar-refractivity contribution in [2.45, 2.75) is 19.4 Å². The smallest absolute Gasteiger partial charge is 0.181 e. The topological polar surface area (TPSA) is 26.3 Å². The first kappa shape index (κ1) is 7.06. The zero-order valence-corrected chi connectivity index (χ0v) is 6.13. The molecule has 1 aliphatic rings. The van der Waals surface area contributed by atoms with Gasteiger partial charge in [-0.25, -0.2) is 0 Å². The lowest BCUT2D eigenvalue weighted by Crippen LogP contribution is -2.16. The fraction of sp³-hybridized carbons (Fsp3) is 0.375. The summed E-state index contributed by atoms with van der Waals surface area (Å²) in [5.41, 5.74) is -0.345. The molecule has 1 rings (SSSR count). The maximum Gasteiger partial charge on any atom is 0.181 e. The van der Waals surface area contributed by atoms with Crippen molar-refractivity contribution in [3.63, 3.8) is 0 Å². The van der Waals surface area contributed by atoms with E-state index in [2.05, 4.69) is 0 Å². The Balaban J connectivity index is 2.82. The first-order valence-electron chi connectivity index (χ1n) is 3.18. The van der Waals surface area contributed by atoms with E-state index < -0.39 is 0 Å². The lowest BCUT2D eigenvalue weighted by molar-refractivity contribution is -0.110. The molecule has 2 nitrogen and oxygen atoms in total. The van der Waals surface area contributed by atoms with Gasteiger partial charge in [0.15, 0.2) is 5.78 Å². The molecule has 0 fully saturated rings. The van der Waals surface area contributed by atoms with Gasteiger partial charge in [-0.3, -0.25) is 4.79 Å². The summed E-state index contributed by atoms with van der Waals surface area (Å²) >= 11 is 0. The maximum absolute atomic E-state index is 10.7. The van der Waals surface area contributed by atoms with Crippen molar-refractivity contribution in [2.75, 3.05) is 0 Å². The van der Waals surface area contributed by atoms with Crippen LogP contribution in [-0.2, 0) is 9.53 Å². The minimum atomic E-state index is -0.345. The molecule has 54 valence electrons. The van der Waals surface area contributed by atoms with Crippen molar-refractivity contribution in [1.82, 2.24) is 0 Å². The second-order valence-electron chi connectivity index (χ2n) is 2.76. The summed E-state index contributed by atoms with van der Waals surface area (Å²) in [6, 6.07) is 0. The van der Waals surface area contributed by atoms with Crippen LogP contribution in [-0.4, -0.2) is 11.4 Å². The van der Waals surface area contributed by atoms with Gasteiger partial charge in [-0.1, -0.05) is 0 Å². The molecule has 0 aromatic rings. The Morgan fingerprint density at radius 3 is 2.80 bits per heavy atom. The van der Waals surface area contributed by atoms with Gasteiger partial charge >= 0.3 is 0 Å². The van der Waals surface area contributed by atoms with Crippen LogP contribution in [0.2, 0.25) is 0 Å². The first-order chi connectivity index (χ1) is 4.60. The number of hydrogen-bond donors (Lipinski definition) is 0. The predicted molar refractivity (Wildman–Crippen MR) is 38.5 cm³/mol. The minimum Gasteiger partial charge on any atom is -0.491 e. The Morgan fingerprint density at radius 2 is 2.10 bits per heavy atom. The number of rotatable bonds is 0. The monoisotopic (exact) mass is 138 g/mol. The zero-order chi connectivity index (χ0) is 7.61. The summed E-state index contributed by atoms with van der Waals surface area (Å²) in [6.45, 7) is 3.79. The van der Waals surface area contributed by atoms with Gasteiger partial charge in [-0.05, 0) is 26.0 Å². The third-order valence-electron chi connectivity index (χ3n) is 1.25. The van der Waals surface area contributed by atoms with Gasteiger partial charge in [0.2, 0.25) is 0 Å². The second-order valence-corrected chi connectivity index (χ2v) is 2.76. The lowest BCUT2D eigenvalue weighted by Gasteiger charge is -2.17. The number of carbonyl (C=O) groups is 1. The molecule has 0 spiro atoms. The van der Waals surface area contributed by atoms with E-state index in [1.54, 1.807) is 6.08 Å².